The van der Waals surface area contributed by atoms with Crippen molar-refractivity contribution in [2.75, 3.05) is 5.73 Å². The number of carbonyl (C=O) groups is 3. The summed E-state index contributed by atoms with van der Waals surface area (Å²) in [6.45, 7) is 3.40. The van der Waals surface area contributed by atoms with Crippen LogP contribution in [0.5, 0.6) is 0 Å². The Balaban J connectivity index is 2.21. The van der Waals surface area contributed by atoms with Crippen LogP contribution in [0.3, 0.4) is 0 Å². The Morgan fingerprint density at radius 2 is 1.88 bits per heavy atom. The third-order valence-corrected chi connectivity index (χ3v) is 4.04. The average molecular weight is 376 g/mol. The van der Waals surface area contributed by atoms with E-state index >= 15 is 0 Å². The molecule has 3 rings (SSSR count). The number of nitrogens with two attached hydrogens (primary N) is 1. The number of amides is 2. The number of benzene rings is 1. The molecule has 0 saturated carbocycles. The number of rotatable bonds is 3. The Hall–Kier alpha value is -3.13. The zero-order valence-corrected chi connectivity index (χ0v) is 14.6. The van der Waals surface area contributed by atoms with Crippen molar-refractivity contribution in [3.05, 3.63) is 56.3 Å². The number of hydrogen-bond donors (Lipinski definition) is 2. The quantitative estimate of drug-likeness (QED) is 0.619. The standard InChI is InChI=1S/C17H14ClN3O5/c1-7(2)26-17(25)8-3-4-10(18)11(5-8)21-12(22)6-9-13(14(21)19)16(24)20-15(9)23/h3-7H,19H2,1-2H3,(H,20,23,24). The van der Waals surface area contributed by atoms with Crippen molar-refractivity contribution in [1.29, 1.82) is 0 Å². The van der Waals surface area contributed by atoms with Gasteiger partial charge in [-0.15, -0.1) is 0 Å². The summed E-state index contributed by atoms with van der Waals surface area (Å²) < 4.78 is 6.10. The number of aromatic nitrogens is 1. The number of halogens is 1. The van der Waals surface area contributed by atoms with Gasteiger partial charge in [0.1, 0.15) is 5.82 Å². The minimum absolute atomic E-state index is 0.0970. The molecule has 0 aliphatic carbocycles. The Labute approximate surface area is 152 Å². The molecule has 1 aliphatic rings. The fourth-order valence-corrected chi connectivity index (χ4v) is 2.82. The molecule has 0 unspecified atom stereocenters. The number of nitrogens with zero attached hydrogens (tertiary/aromatic N) is 1. The summed E-state index contributed by atoms with van der Waals surface area (Å²) in [5.41, 5.74) is 5.36. The monoisotopic (exact) mass is 375 g/mol. The van der Waals surface area contributed by atoms with Crippen molar-refractivity contribution >= 4 is 35.2 Å². The van der Waals surface area contributed by atoms with Gasteiger partial charge in [-0.1, -0.05) is 11.6 Å². The van der Waals surface area contributed by atoms with Crippen molar-refractivity contribution in [1.82, 2.24) is 9.88 Å². The Kier molecular flexibility index (Phi) is 4.29. The number of hydrogen-bond acceptors (Lipinski definition) is 6. The van der Waals surface area contributed by atoms with E-state index in [1.165, 1.54) is 18.2 Å². The summed E-state index contributed by atoms with van der Waals surface area (Å²) in [5.74, 6) is -2.24. The number of imide groups is 1. The highest BCUT2D eigenvalue weighted by molar-refractivity contribution is 6.32. The molecule has 2 aromatic rings. The molecule has 0 fully saturated rings. The second-order valence-corrected chi connectivity index (χ2v) is 6.30. The first-order valence-electron chi connectivity index (χ1n) is 7.62. The summed E-state index contributed by atoms with van der Waals surface area (Å²) in [7, 11) is 0. The van der Waals surface area contributed by atoms with E-state index < -0.39 is 23.3 Å². The van der Waals surface area contributed by atoms with E-state index in [0.717, 1.165) is 10.6 Å². The first-order valence-corrected chi connectivity index (χ1v) is 8.00. The topological polar surface area (TPSA) is 120 Å². The van der Waals surface area contributed by atoms with Gasteiger partial charge in [0.25, 0.3) is 17.4 Å². The fourth-order valence-electron chi connectivity index (χ4n) is 2.62. The van der Waals surface area contributed by atoms with Gasteiger partial charge in [-0.3, -0.25) is 24.3 Å². The van der Waals surface area contributed by atoms with Crippen LogP contribution in [0.15, 0.2) is 29.1 Å². The number of esters is 1. The van der Waals surface area contributed by atoms with Crippen LogP contribution in [-0.2, 0) is 4.74 Å². The normalized spacial score (nSPS) is 12.9. The van der Waals surface area contributed by atoms with E-state index in [1.54, 1.807) is 13.8 Å². The van der Waals surface area contributed by atoms with Crippen molar-refractivity contribution in [3.8, 4) is 5.69 Å². The SMILES string of the molecule is CC(C)OC(=O)c1ccc(Cl)c(-n2c(N)c3c(cc2=O)C(=O)NC3=O)c1. The van der Waals surface area contributed by atoms with Crippen LogP contribution in [0, 0.1) is 0 Å². The minimum Gasteiger partial charge on any atom is -0.459 e. The average Bonchev–Trinajstić information content (AvgIpc) is 2.82. The van der Waals surface area contributed by atoms with Crippen molar-refractivity contribution in [2.45, 2.75) is 20.0 Å². The van der Waals surface area contributed by atoms with Gasteiger partial charge in [-0.25, -0.2) is 4.79 Å². The van der Waals surface area contributed by atoms with E-state index in [4.69, 9.17) is 22.1 Å². The summed E-state index contributed by atoms with van der Waals surface area (Å²) in [6.07, 6.45) is -0.330. The minimum atomic E-state index is -0.706. The maximum Gasteiger partial charge on any atom is 0.338 e. The number of carbonyl (C=O) groups excluding carboxylic acids is 3. The Morgan fingerprint density at radius 3 is 2.54 bits per heavy atom. The molecule has 26 heavy (non-hydrogen) atoms. The van der Waals surface area contributed by atoms with Gasteiger partial charge in [0.2, 0.25) is 0 Å². The third-order valence-electron chi connectivity index (χ3n) is 3.72. The molecule has 0 saturated heterocycles. The molecule has 1 aliphatic heterocycles. The molecule has 0 radical (unpaired) electrons. The lowest BCUT2D eigenvalue weighted by Crippen LogP contribution is -2.24. The maximum absolute atomic E-state index is 12.5. The number of pyridine rings is 1. The molecule has 9 heteroatoms. The zero-order chi connectivity index (χ0) is 19.2. The van der Waals surface area contributed by atoms with Gasteiger partial charge in [0.05, 0.1) is 33.5 Å². The zero-order valence-electron chi connectivity index (χ0n) is 13.8. The lowest BCUT2D eigenvalue weighted by atomic mass is 10.1. The molecule has 2 heterocycles. The molecule has 0 spiro atoms. The highest BCUT2D eigenvalue weighted by Crippen LogP contribution is 2.27. The van der Waals surface area contributed by atoms with Gasteiger partial charge < -0.3 is 10.5 Å². The predicted octanol–water partition coefficient (Wildman–Crippen LogP) is 1.52. The van der Waals surface area contributed by atoms with Gasteiger partial charge in [0.15, 0.2) is 0 Å². The summed E-state index contributed by atoms with van der Waals surface area (Å²) in [6, 6.07) is 5.20. The van der Waals surface area contributed by atoms with E-state index in [9.17, 15) is 19.2 Å². The van der Waals surface area contributed by atoms with Crippen LogP contribution in [0.4, 0.5) is 5.82 Å². The molecule has 1 aromatic carbocycles. The molecule has 134 valence electrons. The fraction of sp³-hybridized carbons (Fsp3) is 0.176. The predicted molar refractivity (Wildman–Crippen MR) is 93.8 cm³/mol. The number of fused-ring (bicyclic) bond motifs is 1. The number of anilines is 1. The van der Waals surface area contributed by atoms with Crippen LogP contribution in [0.25, 0.3) is 5.69 Å². The largest absolute Gasteiger partial charge is 0.459 e. The highest BCUT2D eigenvalue weighted by Gasteiger charge is 2.32. The second-order valence-electron chi connectivity index (χ2n) is 5.90. The lowest BCUT2D eigenvalue weighted by molar-refractivity contribution is 0.0377. The molecule has 0 atom stereocenters. The number of ether oxygens (including phenoxy) is 1. The van der Waals surface area contributed by atoms with E-state index in [-0.39, 0.29) is 39.3 Å². The second kappa shape index (κ2) is 6.30. The van der Waals surface area contributed by atoms with E-state index in [1.807, 2.05) is 0 Å². The van der Waals surface area contributed by atoms with Crippen LogP contribution < -0.4 is 16.6 Å². The highest BCUT2D eigenvalue weighted by atomic mass is 35.5. The third kappa shape index (κ3) is 2.84. The molecule has 3 N–H and O–H groups in total. The van der Waals surface area contributed by atoms with Crippen molar-refractivity contribution < 1.29 is 19.1 Å². The maximum atomic E-state index is 12.5. The Morgan fingerprint density at radius 1 is 1.19 bits per heavy atom. The van der Waals surface area contributed by atoms with Crippen LogP contribution in [-0.4, -0.2) is 28.5 Å². The molecule has 2 amide bonds. The first-order chi connectivity index (χ1) is 12.2. The number of nitrogens with one attached hydrogen (secondary N) is 1. The molecular weight excluding hydrogens is 362 g/mol. The van der Waals surface area contributed by atoms with E-state index in [2.05, 4.69) is 5.32 Å². The van der Waals surface area contributed by atoms with Gasteiger partial charge in [0, 0.05) is 6.07 Å². The summed E-state index contributed by atoms with van der Waals surface area (Å²) in [5, 5.41) is 2.21. The molecule has 8 nitrogen and oxygen atoms in total. The van der Waals surface area contributed by atoms with Crippen LogP contribution in [0.1, 0.15) is 44.9 Å². The van der Waals surface area contributed by atoms with Crippen molar-refractivity contribution in [2.24, 2.45) is 0 Å². The number of nitrogen functional groups attached to an aromatic ring is 1. The molecule has 0 bridgehead atoms. The van der Waals surface area contributed by atoms with Gasteiger partial charge in [-0.2, -0.15) is 0 Å². The summed E-state index contributed by atoms with van der Waals surface area (Å²) >= 11 is 6.17. The first kappa shape index (κ1) is 17.7. The molecule has 1 aromatic heterocycles. The molecular formula is C17H14ClN3O5. The van der Waals surface area contributed by atoms with Crippen LogP contribution in [0.2, 0.25) is 5.02 Å². The smallest absolute Gasteiger partial charge is 0.338 e. The van der Waals surface area contributed by atoms with Gasteiger partial charge >= 0.3 is 5.97 Å². The summed E-state index contributed by atoms with van der Waals surface area (Å²) in [4.78, 5) is 48.2. The van der Waals surface area contributed by atoms with Gasteiger partial charge in [-0.05, 0) is 32.0 Å². The Bertz CT molecular complexity index is 1030. The van der Waals surface area contributed by atoms with E-state index in [0.29, 0.717) is 0 Å². The van der Waals surface area contributed by atoms with Crippen molar-refractivity contribution in [3.63, 3.8) is 0 Å². The van der Waals surface area contributed by atoms with Crippen LogP contribution >= 0.6 is 11.6 Å². The lowest BCUT2D eigenvalue weighted by Gasteiger charge is -2.15.